The van der Waals surface area contributed by atoms with Crippen LogP contribution in [0.5, 0.6) is 0 Å². The van der Waals surface area contributed by atoms with Crippen molar-refractivity contribution in [2.75, 3.05) is 5.75 Å². The summed E-state index contributed by atoms with van der Waals surface area (Å²) in [6, 6.07) is 4.02. The first kappa shape index (κ1) is 18.4. The number of hydrogen-bond donors (Lipinski definition) is 0. The van der Waals surface area contributed by atoms with E-state index in [1.165, 1.54) is 27.8 Å². The zero-order valence-corrected chi connectivity index (χ0v) is 17.6. The number of aromatic nitrogens is 2. The van der Waals surface area contributed by atoms with Gasteiger partial charge in [-0.15, -0.1) is 11.3 Å². The Morgan fingerprint density at radius 2 is 1.93 bits per heavy atom. The topological polar surface area (TPSA) is 52.0 Å². The molecular formula is C21H22N2O2S2. The van der Waals surface area contributed by atoms with E-state index >= 15 is 0 Å². The SMILES string of the molecule is Cc1cc(C)c(C(=O)CSc2nc3sc4c(c3c(=O)n2C)CCC4)cc1C. The summed E-state index contributed by atoms with van der Waals surface area (Å²) in [5.74, 6) is 0.351. The fourth-order valence-corrected chi connectivity index (χ4v) is 5.86. The molecule has 0 saturated heterocycles. The lowest BCUT2D eigenvalue weighted by molar-refractivity contribution is 0.102. The standard InChI is InChI=1S/C21H22N2O2S2/c1-11-8-13(3)15(9-12(11)2)16(24)10-26-21-22-19-18(20(25)23(21)4)14-6-5-7-17(14)27-19/h8-9H,5-7,10H2,1-4H3. The van der Waals surface area contributed by atoms with Crippen molar-refractivity contribution < 1.29 is 4.79 Å². The summed E-state index contributed by atoms with van der Waals surface area (Å²) in [5.41, 5.74) is 5.27. The number of thiophene rings is 1. The molecule has 0 atom stereocenters. The maximum absolute atomic E-state index is 12.9. The fourth-order valence-electron chi connectivity index (χ4n) is 3.70. The van der Waals surface area contributed by atoms with Crippen LogP contribution in [0.2, 0.25) is 0 Å². The number of benzene rings is 1. The van der Waals surface area contributed by atoms with Crippen LogP contribution in [0.1, 0.15) is 43.9 Å². The number of aryl methyl sites for hydroxylation is 5. The highest BCUT2D eigenvalue weighted by molar-refractivity contribution is 7.99. The number of hydrogen-bond acceptors (Lipinski definition) is 5. The van der Waals surface area contributed by atoms with E-state index in [4.69, 9.17) is 4.98 Å². The van der Waals surface area contributed by atoms with Crippen molar-refractivity contribution in [3.05, 3.63) is 55.2 Å². The van der Waals surface area contributed by atoms with Crippen LogP contribution >= 0.6 is 23.1 Å². The maximum Gasteiger partial charge on any atom is 0.262 e. The van der Waals surface area contributed by atoms with Gasteiger partial charge >= 0.3 is 0 Å². The Hall–Kier alpha value is -1.92. The average molecular weight is 399 g/mol. The van der Waals surface area contributed by atoms with Crippen molar-refractivity contribution in [3.8, 4) is 0 Å². The monoisotopic (exact) mass is 398 g/mol. The first-order valence-corrected chi connectivity index (χ1v) is 10.9. The number of carbonyl (C=O) groups excluding carboxylic acids is 1. The molecule has 4 rings (SSSR count). The van der Waals surface area contributed by atoms with Crippen LogP contribution < -0.4 is 5.56 Å². The lowest BCUT2D eigenvalue weighted by atomic mass is 9.99. The van der Waals surface area contributed by atoms with Gasteiger partial charge in [0.1, 0.15) is 4.83 Å². The minimum absolute atomic E-state index is 0.0108. The molecule has 0 N–H and O–H groups in total. The third-order valence-electron chi connectivity index (χ3n) is 5.38. The number of rotatable bonds is 4. The molecule has 1 aliphatic carbocycles. The number of carbonyl (C=O) groups is 1. The van der Waals surface area contributed by atoms with E-state index < -0.39 is 0 Å². The summed E-state index contributed by atoms with van der Waals surface area (Å²) in [5, 5.41) is 1.40. The average Bonchev–Trinajstić information content (AvgIpc) is 3.20. The lowest BCUT2D eigenvalue weighted by Gasteiger charge is -2.10. The Kier molecular flexibility index (Phi) is 4.72. The predicted molar refractivity (Wildman–Crippen MR) is 113 cm³/mol. The van der Waals surface area contributed by atoms with Gasteiger partial charge in [-0.3, -0.25) is 14.2 Å². The molecule has 0 radical (unpaired) electrons. The van der Waals surface area contributed by atoms with Gasteiger partial charge in [0.25, 0.3) is 5.56 Å². The highest BCUT2D eigenvalue weighted by atomic mass is 32.2. The molecule has 6 heteroatoms. The molecule has 0 aliphatic heterocycles. The molecule has 0 saturated carbocycles. The summed E-state index contributed by atoms with van der Waals surface area (Å²) >= 11 is 2.98. The summed E-state index contributed by atoms with van der Waals surface area (Å²) in [4.78, 5) is 32.4. The Morgan fingerprint density at radius 3 is 2.70 bits per heavy atom. The first-order valence-electron chi connectivity index (χ1n) is 9.12. The number of ketones is 1. The maximum atomic E-state index is 12.9. The normalized spacial score (nSPS) is 13.3. The van der Waals surface area contributed by atoms with E-state index in [-0.39, 0.29) is 17.1 Å². The van der Waals surface area contributed by atoms with Gasteiger partial charge in [-0.25, -0.2) is 4.98 Å². The summed E-state index contributed by atoms with van der Waals surface area (Å²) in [6.45, 7) is 6.05. The molecule has 140 valence electrons. The van der Waals surface area contributed by atoms with Crippen molar-refractivity contribution in [2.45, 2.75) is 45.2 Å². The van der Waals surface area contributed by atoms with Crippen LogP contribution in [0.25, 0.3) is 10.2 Å². The van der Waals surface area contributed by atoms with Crippen LogP contribution in [-0.2, 0) is 19.9 Å². The Balaban J connectivity index is 1.63. The number of thioether (sulfide) groups is 1. The van der Waals surface area contributed by atoms with E-state index in [1.54, 1.807) is 23.0 Å². The number of fused-ring (bicyclic) bond motifs is 3. The fraction of sp³-hybridized carbons (Fsp3) is 0.381. The molecule has 3 aromatic rings. The van der Waals surface area contributed by atoms with E-state index in [9.17, 15) is 9.59 Å². The second-order valence-electron chi connectivity index (χ2n) is 7.26. The highest BCUT2D eigenvalue weighted by Gasteiger charge is 2.23. The van der Waals surface area contributed by atoms with Gasteiger partial charge in [0, 0.05) is 17.5 Å². The van der Waals surface area contributed by atoms with Crippen LogP contribution in [-0.4, -0.2) is 21.1 Å². The molecule has 27 heavy (non-hydrogen) atoms. The Labute approximate surface area is 166 Å². The quantitative estimate of drug-likeness (QED) is 0.372. The van der Waals surface area contributed by atoms with E-state index in [0.717, 1.165) is 46.2 Å². The van der Waals surface area contributed by atoms with Gasteiger partial charge < -0.3 is 0 Å². The van der Waals surface area contributed by atoms with Crippen molar-refractivity contribution in [1.29, 1.82) is 0 Å². The van der Waals surface area contributed by atoms with Gasteiger partial charge in [-0.2, -0.15) is 0 Å². The van der Waals surface area contributed by atoms with Crippen LogP contribution in [0.15, 0.2) is 22.1 Å². The molecule has 1 aromatic carbocycles. The van der Waals surface area contributed by atoms with Gasteiger partial charge in [0.05, 0.1) is 11.1 Å². The molecule has 1 aliphatic rings. The zero-order valence-electron chi connectivity index (χ0n) is 16.0. The first-order chi connectivity index (χ1) is 12.9. The molecule has 2 aromatic heterocycles. The summed E-state index contributed by atoms with van der Waals surface area (Å²) < 4.78 is 1.60. The van der Waals surface area contributed by atoms with E-state index in [1.807, 2.05) is 19.9 Å². The molecule has 0 spiro atoms. The molecule has 0 unspecified atom stereocenters. The molecule has 0 bridgehead atoms. The van der Waals surface area contributed by atoms with Crippen LogP contribution in [0.3, 0.4) is 0 Å². The largest absolute Gasteiger partial charge is 0.293 e. The zero-order chi connectivity index (χ0) is 19.3. The Bertz CT molecular complexity index is 1140. The summed E-state index contributed by atoms with van der Waals surface area (Å²) in [7, 11) is 1.75. The number of Topliss-reactive ketones (excluding diaryl/α,β-unsaturated/α-hetero) is 1. The number of nitrogens with zero attached hydrogens (tertiary/aromatic N) is 2. The van der Waals surface area contributed by atoms with E-state index in [2.05, 4.69) is 13.0 Å². The van der Waals surface area contributed by atoms with Crippen molar-refractivity contribution >= 4 is 39.1 Å². The highest BCUT2D eigenvalue weighted by Crippen LogP contribution is 2.35. The van der Waals surface area contributed by atoms with Gasteiger partial charge in [0.2, 0.25) is 0 Å². The summed E-state index contributed by atoms with van der Waals surface area (Å²) in [6.07, 6.45) is 3.15. The minimum atomic E-state index is 0.0108. The van der Waals surface area contributed by atoms with E-state index in [0.29, 0.717) is 5.16 Å². The predicted octanol–water partition coefficient (Wildman–Crippen LogP) is 4.38. The van der Waals surface area contributed by atoms with Crippen LogP contribution in [0.4, 0.5) is 0 Å². The lowest BCUT2D eigenvalue weighted by Crippen LogP contribution is -2.20. The van der Waals surface area contributed by atoms with Crippen molar-refractivity contribution in [2.24, 2.45) is 7.05 Å². The third-order valence-corrected chi connectivity index (χ3v) is 7.59. The molecule has 0 amide bonds. The molecule has 2 heterocycles. The third kappa shape index (κ3) is 3.15. The van der Waals surface area contributed by atoms with Crippen LogP contribution in [0, 0.1) is 20.8 Å². The van der Waals surface area contributed by atoms with Gasteiger partial charge in [0.15, 0.2) is 10.9 Å². The second-order valence-corrected chi connectivity index (χ2v) is 9.29. The minimum Gasteiger partial charge on any atom is -0.293 e. The van der Waals surface area contributed by atoms with Gasteiger partial charge in [-0.05, 0) is 68.4 Å². The van der Waals surface area contributed by atoms with Crippen molar-refractivity contribution in [3.63, 3.8) is 0 Å². The molecule has 0 fully saturated rings. The second kappa shape index (κ2) is 6.91. The Morgan fingerprint density at radius 1 is 1.19 bits per heavy atom. The smallest absolute Gasteiger partial charge is 0.262 e. The van der Waals surface area contributed by atoms with Gasteiger partial charge in [-0.1, -0.05) is 17.8 Å². The molecule has 4 nitrogen and oxygen atoms in total. The molecular weight excluding hydrogens is 376 g/mol. The van der Waals surface area contributed by atoms with Crippen molar-refractivity contribution in [1.82, 2.24) is 9.55 Å².